The summed E-state index contributed by atoms with van der Waals surface area (Å²) in [5.74, 6) is 0. The van der Waals surface area contributed by atoms with Gasteiger partial charge in [0.2, 0.25) is 0 Å². The van der Waals surface area contributed by atoms with E-state index in [0.29, 0.717) is 6.42 Å². The van der Waals surface area contributed by atoms with Crippen LogP contribution < -0.4 is 0 Å². The number of hydrogen-bond donors (Lipinski definition) is 0. The summed E-state index contributed by atoms with van der Waals surface area (Å²) in [4.78, 5) is 0. The molecule has 0 aliphatic heterocycles. The first-order valence-corrected chi connectivity index (χ1v) is 5.60. The van der Waals surface area contributed by atoms with E-state index in [9.17, 15) is 13.2 Å². The van der Waals surface area contributed by atoms with Gasteiger partial charge in [0.05, 0.1) is 0 Å². The number of alkyl halides is 3. The van der Waals surface area contributed by atoms with E-state index < -0.39 is 12.6 Å². The van der Waals surface area contributed by atoms with Gasteiger partial charge in [0.25, 0.3) is 0 Å². The molecule has 0 nitrogen and oxygen atoms in total. The zero-order valence-electron chi connectivity index (χ0n) is 9.30. The SMILES string of the molecule is FC(F)(F)CCCc1cccc2ccccc12. The van der Waals surface area contributed by atoms with Crippen LogP contribution in [0.3, 0.4) is 0 Å². The summed E-state index contributed by atoms with van der Waals surface area (Å²) in [5, 5.41) is 2.13. The van der Waals surface area contributed by atoms with Crippen molar-refractivity contribution in [1.82, 2.24) is 0 Å². The summed E-state index contributed by atoms with van der Waals surface area (Å²) in [6, 6.07) is 13.5. The Morgan fingerprint density at radius 3 is 2.35 bits per heavy atom. The molecule has 0 aliphatic carbocycles. The fraction of sp³-hybridized carbons (Fsp3) is 0.286. The van der Waals surface area contributed by atoms with Crippen molar-refractivity contribution >= 4 is 10.8 Å². The summed E-state index contributed by atoms with van der Waals surface area (Å²) < 4.78 is 36.2. The van der Waals surface area contributed by atoms with Crippen molar-refractivity contribution in [1.29, 1.82) is 0 Å². The molecule has 0 aromatic heterocycles. The van der Waals surface area contributed by atoms with E-state index in [0.717, 1.165) is 16.3 Å². The normalized spacial score (nSPS) is 11.9. The maximum absolute atomic E-state index is 12.1. The smallest absolute Gasteiger partial charge is 0.171 e. The van der Waals surface area contributed by atoms with Gasteiger partial charge in [-0.15, -0.1) is 0 Å². The lowest BCUT2D eigenvalue weighted by molar-refractivity contribution is -0.135. The maximum atomic E-state index is 12.1. The lowest BCUT2D eigenvalue weighted by Gasteiger charge is -2.08. The summed E-state index contributed by atoms with van der Waals surface area (Å²) in [6.45, 7) is 0. The molecule has 0 unspecified atom stereocenters. The minimum atomic E-state index is -4.05. The number of hydrogen-bond acceptors (Lipinski definition) is 0. The van der Waals surface area contributed by atoms with Gasteiger partial charge in [-0.1, -0.05) is 42.5 Å². The molecule has 0 radical (unpaired) electrons. The average Bonchev–Trinajstić information content (AvgIpc) is 2.28. The van der Waals surface area contributed by atoms with Gasteiger partial charge in [0, 0.05) is 6.42 Å². The molecule has 0 N–H and O–H groups in total. The second-order valence-electron chi connectivity index (χ2n) is 4.11. The number of benzene rings is 2. The molecule has 0 saturated carbocycles. The van der Waals surface area contributed by atoms with E-state index in [1.54, 1.807) is 0 Å². The highest BCUT2D eigenvalue weighted by molar-refractivity contribution is 5.85. The van der Waals surface area contributed by atoms with Crippen LogP contribution in [-0.2, 0) is 6.42 Å². The third kappa shape index (κ3) is 3.22. The van der Waals surface area contributed by atoms with Crippen LogP contribution in [0.25, 0.3) is 10.8 Å². The van der Waals surface area contributed by atoms with Crippen molar-refractivity contribution in [2.75, 3.05) is 0 Å². The fourth-order valence-corrected chi connectivity index (χ4v) is 1.99. The zero-order valence-corrected chi connectivity index (χ0v) is 9.30. The van der Waals surface area contributed by atoms with Crippen LogP contribution in [-0.4, -0.2) is 6.18 Å². The van der Waals surface area contributed by atoms with E-state index in [4.69, 9.17) is 0 Å². The summed E-state index contributed by atoms with van der Waals surface area (Å²) in [5.41, 5.74) is 0.993. The van der Waals surface area contributed by atoms with Crippen molar-refractivity contribution in [3.05, 3.63) is 48.0 Å². The Morgan fingerprint density at radius 2 is 1.59 bits per heavy atom. The first kappa shape index (κ1) is 12.0. The predicted molar refractivity (Wildman–Crippen MR) is 62.9 cm³/mol. The minimum Gasteiger partial charge on any atom is -0.171 e. The van der Waals surface area contributed by atoms with Gasteiger partial charge in [-0.25, -0.2) is 0 Å². The molecule has 3 heteroatoms. The largest absolute Gasteiger partial charge is 0.389 e. The number of rotatable bonds is 3. The van der Waals surface area contributed by atoms with Crippen LogP contribution in [0.5, 0.6) is 0 Å². The quantitative estimate of drug-likeness (QED) is 0.725. The molecule has 90 valence electrons. The van der Waals surface area contributed by atoms with Gasteiger partial charge < -0.3 is 0 Å². The lowest BCUT2D eigenvalue weighted by atomic mass is 10.0. The second kappa shape index (κ2) is 4.78. The summed E-state index contributed by atoms with van der Waals surface area (Å²) in [6.07, 6.45) is -4.14. The van der Waals surface area contributed by atoms with Crippen LogP contribution in [0.2, 0.25) is 0 Å². The van der Waals surface area contributed by atoms with E-state index in [1.165, 1.54) is 0 Å². The maximum Gasteiger partial charge on any atom is 0.389 e. The van der Waals surface area contributed by atoms with E-state index in [2.05, 4.69) is 0 Å². The van der Waals surface area contributed by atoms with Crippen LogP contribution in [0.4, 0.5) is 13.2 Å². The molecule has 0 atom stereocenters. The molecule has 2 aromatic rings. The van der Waals surface area contributed by atoms with Crippen molar-refractivity contribution in [3.8, 4) is 0 Å². The van der Waals surface area contributed by atoms with Crippen molar-refractivity contribution in [2.45, 2.75) is 25.4 Å². The highest BCUT2D eigenvalue weighted by Gasteiger charge is 2.25. The van der Waals surface area contributed by atoms with Crippen LogP contribution in [0.15, 0.2) is 42.5 Å². The Bertz CT molecular complexity index is 495. The van der Waals surface area contributed by atoms with Gasteiger partial charge in [-0.3, -0.25) is 0 Å². The van der Waals surface area contributed by atoms with Crippen LogP contribution >= 0.6 is 0 Å². The van der Waals surface area contributed by atoms with E-state index >= 15 is 0 Å². The highest BCUT2D eigenvalue weighted by atomic mass is 19.4. The lowest BCUT2D eigenvalue weighted by Crippen LogP contribution is -2.07. The Labute approximate surface area is 98.1 Å². The van der Waals surface area contributed by atoms with Gasteiger partial charge in [0.15, 0.2) is 0 Å². The van der Waals surface area contributed by atoms with Gasteiger partial charge in [0.1, 0.15) is 0 Å². The molecule has 0 saturated heterocycles. The van der Waals surface area contributed by atoms with Gasteiger partial charge in [-0.05, 0) is 29.2 Å². The molecule has 2 aromatic carbocycles. The van der Waals surface area contributed by atoms with E-state index in [-0.39, 0.29) is 6.42 Å². The van der Waals surface area contributed by atoms with Crippen LogP contribution in [0.1, 0.15) is 18.4 Å². The summed E-state index contributed by atoms with van der Waals surface area (Å²) in [7, 11) is 0. The van der Waals surface area contributed by atoms with Crippen molar-refractivity contribution < 1.29 is 13.2 Å². The molecule has 17 heavy (non-hydrogen) atoms. The molecule has 0 heterocycles. The average molecular weight is 238 g/mol. The molecule has 0 spiro atoms. The van der Waals surface area contributed by atoms with Gasteiger partial charge in [-0.2, -0.15) is 13.2 Å². The molecule has 0 aliphatic rings. The molecular formula is C14H13F3. The number of aryl methyl sites for hydroxylation is 1. The second-order valence-corrected chi connectivity index (χ2v) is 4.11. The number of halogens is 3. The Balaban J connectivity index is 2.13. The molecule has 2 rings (SSSR count). The molecule has 0 bridgehead atoms. The fourth-order valence-electron chi connectivity index (χ4n) is 1.99. The monoisotopic (exact) mass is 238 g/mol. The van der Waals surface area contributed by atoms with Crippen molar-refractivity contribution in [3.63, 3.8) is 0 Å². The first-order valence-electron chi connectivity index (χ1n) is 5.60. The molecular weight excluding hydrogens is 225 g/mol. The standard InChI is InChI=1S/C14H13F3/c15-14(16,17)10-4-8-12-7-3-6-11-5-1-2-9-13(11)12/h1-3,5-7,9H,4,8,10H2. The Kier molecular flexibility index (Phi) is 3.36. The Hall–Kier alpha value is -1.51. The van der Waals surface area contributed by atoms with Crippen molar-refractivity contribution in [2.24, 2.45) is 0 Å². The van der Waals surface area contributed by atoms with Gasteiger partial charge >= 0.3 is 6.18 Å². The Morgan fingerprint density at radius 1 is 0.882 bits per heavy atom. The molecule has 0 amide bonds. The minimum absolute atomic E-state index is 0.150. The zero-order chi connectivity index (χ0) is 12.3. The number of fused-ring (bicyclic) bond motifs is 1. The topological polar surface area (TPSA) is 0 Å². The van der Waals surface area contributed by atoms with Crippen LogP contribution in [0, 0.1) is 0 Å². The first-order chi connectivity index (χ1) is 8.06. The summed E-state index contributed by atoms with van der Waals surface area (Å²) >= 11 is 0. The van der Waals surface area contributed by atoms with E-state index in [1.807, 2.05) is 42.5 Å². The third-order valence-electron chi connectivity index (χ3n) is 2.79. The molecule has 0 fully saturated rings. The predicted octanol–water partition coefficient (Wildman–Crippen LogP) is 4.72. The third-order valence-corrected chi connectivity index (χ3v) is 2.79. The highest BCUT2D eigenvalue weighted by Crippen LogP contribution is 2.25.